The minimum atomic E-state index is -0.441. The highest BCUT2D eigenvalue weighted by atomic mass is 16.3. The predicted molar refractivity (Wildman–Crippen MR) is 87.7 cm³/mol. The molecule has 2 unspecified atom stereocenters. The number of hydrogen-bond donors (Lipinski definition) is 1. The van der Waals surface area contributed by atoms with E-state index in [0.717, 1.165) is 18.5 Å². The molecule has 0 bridgehead atoms. The van der Waals surface area contributed by atoms with Gasteiger partial charge >= 0.3 is 0 Å². The van der Waals surface area contributed by atoms with Gasteiger partial charge in [0.2, 0.25) is 0 Å². The molecule has 0 saturated carbocycles. The number of aliphatic hydroxyl groups is 1. The van der Waals surface area contributed by atoms with Gasteiger partial charge in [-0.15, -0.1) is 0 Å². The van der Waals surface area contributed by atoms with Crippen molar-refractivity contribution in [3.8, 4) is 0 Å². The van der Waals surface area contributed by atoms with Crippen molar-refractivity contribution in [3.63, 3.8) is 0 Å². The minimum Gasteiger partial charge on any atom is -0.387 e. The van der Waals surface area contributed by atoms with E-state index in [1.807, 2.05) is 12.1 Å². The number of aliphatic hydroxyl groups excluding tert-OH is 1. The molecule has 0 fully saturated rings. The Morgan fingerprint density at radius 1 is 1.14 bits per heavy atom. The highest BCUT2D eigenvalue weighted by Gasteiger charge is 2.23. The summed E-state index contributed by atoms with van der Waals surface area (Å²) in [4.78, 5) is 2.33. The third-order valence-corrected chi connectivity index (χ3v) is 4.29. The lowest BCUT2D eigenvalue weighted by Crippen LogP contribution is -2.37. The van der Waals surface area contributed by atoms with Crippen LogP contribution in [0, 0.1) is 12.8 Å². The first kappa shape index (κ1) is 14.2. The summed E-state index contributed by atoms with van der Waals surface area (Å²) in [6, 6.07) is 16.7. The minimum absolute atomic E-state index is 0.441. The van der Waals surface area contributed by atoms with Crippen LogP contribution in [0.4, 0.5) is 5.69 Å². The molecule has 0 radical (unpaired) electrons. The molecule has 2 aromatic carbocycles. The van der Waals surface area contributed by atoms with Gasteiger partial charge in [0.25, 0.3) is 0 Å². The van der Waals surface area contributed by atoms with Crippen molar-refractivity contribution in [2.45, 2.75) is 26.4 Å². The Kier molecular flexibility index (Phi) is 3.98. The zero-order chi connectivity index (χ0) is 14.8. The van der Waals surface area contributed by atoms with Gasteiger partial charge in [0, 0.05) is 18.8 Å². The van der Waals surface area contributed by atoms with Crippen LogP contribution in [0.3, 0.4) is 0 Å². The van der Waals surface area contributed by atoms with Crippen LogP contribution in [0.2, 0.25) is 0 Å². The molecule has 1 aliphatic rings. The Morgan fingerprint density at radius 2 is 1.86 bits per heavy atom. The van der Waals surface area contributed by atoms with E-state index in [0.29, 0.717) is 12.5 Å². The zero-order valence-corrected chi connectivity index (χ0v) is 12.8. The largest absolute Gasteiger partial charge is 0.387 e. The number of aryl methyl sites for hydroxylation is 1. The van der Waals surface area contributed by atoms with Gasteiger partial charge in [0.05, 0.1) is 6.10 Å². The van der Waals surface area contributed by atoms with Crippen LogP contribution in [0.25, 0.3) is 0 Å². The molecule has 0 amide bonds. The van der Waals surface area contributed by atoms with E-state index >= 15 is 0 Å². The number of fused-ring (bicyclic) bond motifs is 1. The lowest BCUT2D eigenvalue weighted by Gasteiger charge is -2.36. The number of nitrogens with zero attached hydrogens (tertiary/aromatic N) is 1. The van der Waals surface area contributed by atoms with Gasteiger partial charge in [0.1, 0.15) is 0 Å². The number of benzene rings is 2. The molecule has 0 spiro atoms. The lowest BCUT2D eigenvalue weighted by atomic mass is 9.93. The number of rotatable bonds is 3. The molecule has 110 valence electrons. The molecule has 0 saturated heterocycles. The normalized spacial score (nSPS) is 19.2. The van der Waals surface area contributed by atoms with Crippen LogP contribution < -0.4 is 4.90 Å². The molecule has 1 N–H and O–H groups in total. The van der Waals surface area contributed by atoms with Crippen molar-refractivity contribution < 1.29 is 5.11 Å². The summed E-state index contributed by atoms with van der Waals surface area (Å²) in [7, 11) is 0. The van der Waals surface area contributed by atoms with Gasteiger partial charge in [0.15, 0.2) is 0 Å². The molecule has 0 aliphatic carbocycles. The third kappa shape index (κ3) is 3.11. The van der Waals surface area contributed by atoms with Gasteiger partial charge in [-0.3, -0.25) is 0 Å². The van der Waals surface area contributed by atoms with Crippen molar-refractivity contribution in [1.29, 1.82) is 0 Å². The van der Waals surface area contributed by atoms with Crippen LogP contribution in [-0.4, -0.2) is 18.2 Å². The van der Waals surface area contributed by atoms with Crippen LogP contribution >= 0.6 is 0 Å². The van der Waals surface area contributed by atoms with E-state index in [-0.39, 0.29) is 0 Å². The average Bonchev–Trinajstić information content (AvgIpc) is 2.47. The maximum absolute atomic E-state index is 10.5. The van der Waals surface area contributed by atoms with E-state index in [1.54, 1.807) is 0 Å². The Bertz CT molecular complexity index is 605. The van der Waals surface area contributed by atoms with E-state index < -0.39 is 6.10 Å². The molecule has 2 aromatic rings. The van der Waals surface area contributed by atoms with E-state index in [2.05, 4.69) is 55.1 Å². The maximum Gasteiger partial charge on any atom is 0.0964 e. The maximum atomic E-state index is 10.5. The number of anilines is 1. The van der Waals surface area contributed by atoms with Crippen molar-refractivity contribution in [2.24, 2.45) is 5.92 Å². The Balaban J connectivity index is 1.79. The highest BCUT2D eigenvalue weighted by molar-refractivity contribution is 5.56. The van der Waals surface area contributed by atoms with Crippen LogP contribution in [-0.2, 0) is 6.42 Å². The molecule has 2 atom stereocenters. The highest BCUT2D eigenvalue weighted by Crippen LogP contribution is 2.30. The summed E-state index contributed by atoms with van der Waals surface area (Å²) in [5.74, 6) is 0.630. The Labute approximate surface area is 127 Å². The summed E-state index contributed by atoms with van der Waals surface area (Å²) < 4.78 is 0. The van der Waals surface area contributed by atoms with Gasteiger partial charge in [-0.25, -0.2) is 0 Å². The first-order valence-corrected chi connectivity index (χ1v) is 7.71. The Morgan fingerprint density at radius 3 is 2.62 bits per heavy atom. The molecule has 0 aromatic heterocycles. The fourth-order valence-electron chi connectivity index (χ4n) is 3.18. The SMILES string of the molecule is Cc1ccc(C(O)CN2CC(C)Cc3ccccc32)cc1. The number of hydrogen-bond acceptors (Lipinski definition) is 2. The molecule has 1 heterocycles. The van der Waals surface area contributed by atoms with Gasteiger partial charge in [-0.05, 0) is 36.5 Å². The van der Waals surface area contributed by atoms with Gasteiger partial charge in [-0.1, -0.05) is 55.0 Å². The second-order valence-corrected chi connectivity index (χ2v) is 6.27. The predicted octanol–water partition coefficient (Wildman–Crippen LogP) is 3.73. The zero-order valence-electron chi connectivity index (χ0n) is 12.8. The summed E-state index contributed by atoms with van der Waals surface area (Å²) in [5.41, 5.74) is 4.90. The van der Waals surface area contributed by atoms with Crippen molar-refractivity contribution in [2.75, 3.05) is 18.0 Å². The van der Waals surface area contributed by atoms with Crippen LogP contribution in [0.15, 0.2) is 48.5 Å². The standard InChI is InChI=1S/C19H23NO/c1-14-7-9-16(10-8-14)19(21)13-20-12-15(2)11-17-5-3-4-6-18(17)20/h3-10,15,19,21H,11-13H2,1-2H3. The second kappa shape index (κ2) is 5.90. The monoisotopic (exact) mass is 281 g/mol. The van der Waals surface area contributed by atoms with E-state index in [4.69, 9.17) is 0 Å². The molecular formula is C19H23NO. The summed E-state index contributed by atoms with van der Waals surface area (Å²) in [6.45, 7) is 6.02. The fraction of sp³-hybridized carbons (Fsp3) is 0.368. The number of para-hydroxylation sites is 1. The smallest absolute Gasteiger partial charge is 0.0964 e. The number of β-amino-alcohol motifs (C(OH)–C–C–N with tert-alkyl or cyclic N) is 1. The average molecular weight is 281 g/mol. The second-order valence-electron chi connectivity index (χ2n) is 6.27. The molecule has 1 aliphatic heterocycles. The topological polar surface area (TPSA) is 23.5 Å². The van der Waals surface area contributed by atoms with Crippen molar-refractivity contribution in [1.82, 2.24) is 0 Å². The first-order valence-electron chi connectivity index (χ1n) is 7.71. The summed E-state index contributed by atoms with van der Waals surface area (Å²) in [6.07, 6.45) is 0.691. The molecule has 2 nitrogen and oxygen atoms in total. The quantitative estimate of drug-likeness (QED) is 0.926. The van der Waals surface area contributed by atoms with Crippen LogP contribution in [0.5, 0.6) is 0 Å². The lowest BCUT2D eigenvalue weighted by molar-refractivity contribution is 0.181. The van der Waals surface area contributed by atoms with Crippen molar-refractivity contribution in [3.05, 3.63) is 65.2 Å². The van der Waals surface area contributed by atoms with Gasteiger partial charge < -0.3 is 10.0 Å². The van der Waals surface area contributed by atoms with E-state index in [9.17, 15) is 5.11 Å². The molecular weight excluding hydrogens is 258 g/mol. The van der Waals surface area contributed by atoms with Crippen molar-refractivity contribution >= 4 is 5.69 Å². The first-order chi connectivity index (χ1) is 10.1. The summed E-state index contributed by atoms with van der Waals surface area (Å²) >= 11 is 0. The van der Waals surface area contributed by atoms with Gasteiger partial charge in [-0.2, -0.15) is 0 Å². The fourth-order valence-corrected chi connectivity index (χ4v) is 3.18. The molecule has 3 rings (SSSR count). The Hall–Kier alpha value is -1.80. The van der Waals surface area contributed by atoms with E-state index in [1.165, 1.54) is 16.8 Å². The third-order valence-electron chi connectivity index (χ3n) is 4.29. The summed E-state index contributed by atoms with van der Waals surface area (Å²) in [5, 5.41) is 10.5. The molecule has 21 heavy (non-hydrogen) atoms. The van der Waals surface area contributed by atoms with Crippen LogP contribution in [0.1, 0.15) is 29.7 Å². The molecule has 2 heteroatoms.